The van der Waals surface area contributed by atoms with E-state index in [9.17, 15) is 4.79 Å². The molecule has 16 heavy (non-hydrogen) atoms. The van der Waals surface area contributed by atoms with Crippen molar-refractivity contribution in [1.29, 1.82) is 0 Å². The summed E-state index contributed by atoms with van der Waals surface area (Å²) in [6.45, 7) is 0.658. The van der Waals surface area contributed by atoms with Gasteiger partial charge in [0.25, 0.3) is 0 Å². The van der Waals surface area contributed by atoms with Crippen molar-refractivity contribution in [3.05, 3.63) is 22.7 Å². The zero-order chi connectivity index (χ0) is 11.5. The fourth-order valence-corrected chi connectivity index (χ4v) is 2.09. The van der Waals surface area contributed by atoms with Gasteiger partial charge in [-0.25, -0.2) is 0 Å². The van der Waals surface area contributed by atoms with Gasteiger partial charge >= 0.3 is 0 Å². The number of rotatable bonds is 2. The van der Waals surface area contributed by atoms with E-state index in [0.29, 0.717) is 13.0 Å². The molecule has 4 nitrogen and oxygen atoms in total. The first-order valence-corrected chi connectivity index (χ1v) is 6.03. The molecule has 1 amide bonds. The van der Waals surface area contributed by atoms with E-state index < -0.39 is 0 Å². The largest absolute Gasteiger partial charge is 0.397 e. The Hall–Kier alpha value is -1.23. The lowest BCUT2D eigenvalue weighted by Gasteiger charge is -2.25. The summed E-state index contributed by atoms with van der Waals surface area (Å²) in [5.74, 6) is 0.125. The summed E-state index contributed by atoms with van der Waals surface area (Å²) in [4.78, 5) is 11.0. The van der Waals surface area contributed by atoms with Crippen molar-refractivity contribution in [3.8, 4) is 0 Å². The van der Waals surface area contributed by atoms with Crippen LogP contribution in [-0.2, 0) is 4.79 Å². The lowest BCUT2D eigenvalue weighted by Crippen LogP contribution is -2.41. The van der Waals surface area contributed by atoms with Gasteiger partial charge in [0.15, 0.2) is 0 Å². The summed E-state index contributed by atoms with van der Waals surface area (Å²) in [5, 5.41) is 6.17. The fraction of sp³-hybridized carbons (Fsp3) is 0.364. The van der Waals surface area contributed by atoms with Gasteiger partial charge in [-0.15, -0.1) is 0 Å². The Bertz CT molecular complexity index is 398. The summed E-state index contributed by atoms with van der Waals surface area (Å²) in [7, 11) is 0. The maximum absolute atomic E-state index is 11.0. The summed E-state index contributed by atoms with van der Waals surface area (Å²) in [6.07, 6.45) is 1.42. The van der Waals surface area contributed by atoms with E-state index in [2.05, 4.69) is 26.6 Å². The van der Waals surface area contributed by atoms with Crippen LogP contribution in [0.2, 0.25) is 0 Å². The number of benzene rings is 1. The molecule has 1 saturated heterocycles. The minimum absolute atomic E-state index is 0.125. The number of anilines is 2. The van der Waals surface area contributed by atoms with Crippen LogP contribution >= 0.6 is 15.9 Å². The third kappa shape index (κ3) is 2.66. The van der Waals surface area contributed by atoms with E-state index in [1.165, 1.54) is 0 Å². The fourth-order valence-electron chi connectivity index (χ4n) is 1.73. The van der Waals surface area contributed by atoms with Crippen LogP contribution < -0.4 is 16.4 Å². The highest BCUT2D eigenvalue weighted by atomic mass is 79.9. The number of nitrogen functional groups attached to an aromatic ring is 1. The summed E-state index contributed by atoms with van der Waals surface area (Å²) >= 11 is 3.41. The quantitative estimate of drug-likeness (QED) is 0.724. The average molecular weight is 284 g/mol. The predicted octanol–water partition coefficient (Wildman–Crippen LogP) is 1.72. The Kier molecular flexibility index (Phi) is 3.33. The topological polar surface area (TPSA) is 67.1 Å². The number of nitrogens with one attached hydrogen (secondary N) is 2. The minimum atomic E-state index is 0.125. The van der Waals surface area contributed by atoms with Crippen LogP contribution in [0.15, 0.2) is 22.7 Å². The molecule has 86 valence electrons. The number of halogens is 1. The summed E-state index contributed by atoms with van der Waals surface area (Å²) < 4.78 is 0.990. The van der Waals surface area contributed by atoms with Crippen molar-refractivity contribution in [2.24, 2.45) is 0 Å². The molecule has 0 aromatic heterocycles. The summed E-state index contributed by atoms with van der Waals surface area (Å²) in [6, 6.07) is 5.97. The van der Waals surface area contributed by atoms with Crippen molar-refractivity contribution in [2.75, 3.05) is 17.6 Å². The normalized spacial score (nSPS) is 20.3. The van der Waals surface area contributed by atoms with Crippen LogP contribution in [-0.4, -0.2) is 18.5 Å². The molecule has 1 unspecified atom stereocenters. The molecule has 1 atom stereocenters. The Morgan fingerprint density at radius 1 is 1.50 bits per heavy atom. The van der Waals surface area contributed by atoms with Gasteiger partial charge in [0.2, 0.25) is 5.91 Å². The molecule has 0 bridgehead atoms. The second kappa shape index (κ2) is 4.74. The monoisotopic (exact) mass is 283 g/mol. The first kappa shape index (κ1) is 11.3. The maximum Gasteiger partial charge on any atom is 0.220 e. The first-order chi connectivity index (χ1) is 7.65. The molecule has 1 aromatic carbocycles. The van der Waals surface area contributed by atoms with Gasteiger partial charge in [-0.3, -0.25) is 4.79 Å². The van der Waals surface area contributed by atoms with Gasteiger partial charge in [0.05, 0.1) is 11.4 Å². The highest BCUT2D eigenvalue weighted by Crippen LogP contribution is 2.24. The van der Waals surface area contributed by atoms with Crippen molar-refractivity contribution < 1.29 is 4.79 Å². The number of hydrogen-bond donors (Lipinski definition) is 3. The SMILES string of the molecule is Nc1ccc(Br)cc1NC1CCC(=O)NC1. The molecule has 1 fully saturated rings. The van der Waals surface area contributed by atoms with Crippen LogP contribution in [0.5, 0.6) is 0 Å². The van der Waals surface area contributed by atoms with Crippen molar-refractivity contribution in [1.82, 2.24) is 5.32 Å². The number of carbonyl (C=O) groups is 1. The first-order valence-electron chi connectivity index (χ1n) is 5.23. The van der Waals surface area contributed by atoms with Crippen LogP contribution in [0.3, 0.4) is 0 Å². The van der Waals surface area contributed by atoms with Crippen LogP contribution in [0, 0.1) is 0 Å². The van der Waals surface area contributed by atoms with E-state index >= 15 is 0 Å². The molecule has 1 aromatic rings. The molecule has 4 N–H and O–H groups in total. The molecular formula is C11H14BrN3O. The second-order valence-electron chi connectivity index (χ2n) is 3.92. The number of piperidine rings is 1. The van der Waals surface area contributed by atoms with Crippen LogP contribution in [0.1, 0.15) is 12.8 Å². The van der Waals surface area contributed by atoms with Crippen LogP contribution in [0.25, 0.3) is 0 Å². The molecule has 0 saturated carbocycles. The van der Waals surface area contributed by atoms with E-state index in [4.69, 9.17) is 5.73 Å². The second-order valence-corrected chi connectivity index (χ2v) is 4.83. The van der Waals surface area contributed by atoms with E-state index in [1.807, 2.05) is 18.2 Å². The standard InChI is InChI=1S/C11H14BrN3O/c12-7-1-3-9(13)10(5-7)15-8-2-4-11(16)14-6-8/h1,3,5,8,15H,2,4,6,13H2,(H,14,16). The molecule has 5 heteroatoms. The summed E-state index contributed by atoms with van der Waals surface area (Å²) in [5.41, 5.74) is 7.50. The number of nitrogens with two attached hydrogens (primary N) is 1. The van der Waals surface area contributed by atoms with Gasteiger partial charge < -0.3 is 16.4 Å². The van der Waals surface area contributed by atoms with Crippen molar-refractivity contribution >= 4 is 33.2 Å². The smallest absolute Gasteiger partial charge is 0.220 e. The van der Waals surface area contributed by atoms with E-state index in [-0.39, 0.29) is 11.9 Å². The number of carbonyl (C=O) groups excluding carboxylic acids is 1. The Morgan fingerprint density at radius 2 is 2.31 bits per heavy atom. The zero-order valence-corrected chi connectivity index (χ0v) is 10.4. The van der Waals surface area contributed by atoms with Gasteiger partial charge in [-0.2, -0.15) is 0 Å². The molecule has 0 aliphatic carbocycles. The predicted molar refractivity (Wildman–Crippen MR) is 68.2 cm³/mol. The Morgan fingerprint density at radius 3 is 3.00 bits per heavy atom. The molecule has 1 aliphatic rings. The third-order valence-electron chi connectivity index (χ3n) is 2.64. The molecule has 1 heterocycles. The number of hydrogen-bond acceptors (Lipinski definition) is 3. The minimum Gasteiger partial charge on any atom is -0.397 e. The highest BCUT2D eigenvalue weighted by Gasteiger charge is 2.18. The molecule has 1 aliphatic heterocycles. The average Bonchev–Trinajstić information content (AvgIpc) is 2.27. The molecular weight excluding hydrogens is 270 g/mol. The Balaban J connectivity index is 2.03. The van der Waals surface area contributed by atoms with Gasteiger partial charge in [-0.05, 0) is 24.6 Å². The van der Waals surface area contributed by atoms with Crippen molar-refractivity contribution in [2.45, 2.75) is 18.9 Å². The lowest BCUT2D eigenvalue weighted by atomic mass is 10.1. The lowest BCUT2D eigenvalue weighted by molar-refractivity contribution is -0.122. The van der Waals surface area contributed by atoms with Crippen LogP contribution in [0.4, 0.5) is 11.4 Å². The van der Waals surface area contributed by atoms with Gasteiger partial charge in [0, 0.05) is 23.5 Å². The number of amides is 1. The van der Waals surface area contributed by atoms with Gasteiger partial charge in [0.1, 0.15) is 0 Å². The Labute approximate surface area is 103 Å². The highest BCUT2D eigenvalue weighted by molar-refractivity contribution is 9.10. The van der Waals surface area contributed by atoms with Crippen molar-refractivity contribution in [3.63, 3.8) is 0 Å². The van der Waals surface area contributed by atoms with Gasteiger partial charge in [-0.1, -0.05) is 15.9 Å². The van der Waals surface area contributed by atoms with E-state index in [0.717, 1.165) is 22.3 Å². The maximum atomic E-state index is 11.0. The molecule has 0 radical (unpaired) electrons. The molecule has 2 rings (SSSR count). The molecule has 0 spiro atoms. The van der Waals surface area contributed by atoms with E-state index in [1.54, 1.807) is 0 Å². The third-order valence-corrected chi connectivity index (χ3v) is 3.13. The zero-order valence-electron chi connectivity index (χ0n) is 8.79.